The van der Waals surface area contributed by atoms with Gasteiger partial charge in [0.2, 0.25) is 11.9 Å². The summed E-state index contributed by atoms with van der Waals surface area (Å²) in [7, 11) is 0. The highest BCUT2D eigenvalue weighted by molar-refractivity contribution is 5.94. The van der Waals surface area contributed by atoms with Gasteiger partial charge in [0.05, 0.1) is 6.04 Å². The number of benzene rings is 3. The van der Waals surface area contributed by atoms with E-state index in [-0.39, 0.29) is 11.9 Å². The monoisotopic (exact) mass is 538 g/mol. The zero-order valence-electron chi connectivity index (χ0n) is 23.1. The first-order valence-electron chi connectivity index (χ1n) is 13.9. The normalized spacial score (nSPS) is 14.2. The molecule has 8 nitrogen and oxygen atoms in total. The average molecular weight is 539 g/mol. The second-order valence-corrected chi connectivity index (χ2v) is 10.1. The smallest absolute Gasteiger partial charge is 0.220 e. The highest BCUT2D eigenvalue weighted by Crippen LogP contribution is 2.23. The number of anilines is 1. The molecule has 3 N–H and O–H groups in total. The molecule has 0 unspecified atom stereocenters. The van der Waals surface area contributed by atoms with Gasteiger partial charge in [-0.3, -0.25) is 10.1 Å². The number of guanidine groups is 1. The third-order valence-corrected chi connectivity index (χ3v) is 6.83. The quantitative estimate of drug-likeness (QED) is 0.126. The Morgan fingerprint density at radius 2 is 1.68 bits per heavy atom. The molecule has 0 bridgehead atoms. The number of nitriles is 1. The molecule has 0 radical (unpaired) electrons. The number of nitrogens with zero attached hydrogens (tertiary/aromatic N) is 3. The molecule has 1 saturated heterocycles. The van der Waals surface area contributed by atoms with E-state index in [9.17, 15) is 10.1 Å². The number of aliphatic imine (C=N–C) groups is 1. The van der Waals surface area contributed by atoms with Crippen molar-refractivity contribution in [3.8, 4) is 17.7 Å². The van der Waals surface area contributed by atoms with E-state index in [0.29, 0.717) is 37.5 Å². The zero-order chi connectivity index (χ0) is 28.0. The fourth-order valence-electron chi connectivity index (χ4n) is 4.66. The van der Waals surface area contributed by atoms with Crippen molar-refractivity contribution < 1.29 is 9.53 Å². The largest absolute Gasteiger partial charge is 0.457 e. The molecule has 1 heterocycles. The number of carbonyl (C=O) groups is 1. The number of ether oxygens (including phenoxy) is 1. The van der Waals surface area contributed by atoms with Crippen LogP contribution in [0.4, 0.5) is 5.69 Å². The summed E-state index contributed by atoms with van der Waals surface area (Å²) in [5.41, 5.74) is 3.06. The number of rotatable bonds is 12. The van der Waals surface area contributed by atoms with E-state index in [1.54, 1.807) is 0 Å². The van der Waals surface area contributed by atoms with Gasteiger partial charge in [-0.05, 0) is 87.7 Å². The lowest BCUT2D eigenvalue weighted by Gasteiger charge is -2.17. The maximum Gasteiger partial charge on any atom is 0.220 e. The lowest BCUT2D eigenvalue weighted by Crippen LogP contribution is -2.34. The van der Waals surface area contributed by atoms with E-state index in [2.05, 4.69) is 33.0 Å². The standard InChI is InChI=1S/C32H38N6O2/c1-25-9-14-29(15-10-25)40-30-16-11-27(12-17-30)36-32(35-24-33)37-28(23-26-7-3-2-4-8-26)13-18-31(39)34-19-22-38-20-5-6-21-38/h2-4,7-12,14-17,28H,5-6,13,18-23H2,1H3,(H,34,39)(H2,35,36,37)/t28-/m1/s1. The third-order valence-electron chi connectivity index (χ3n) is 6.83. The summed E-state index contributed by atoms with van der Waals surface area (Å²) < 4.78 is 5.92. The van der Waals surface area contributed by atoms with Crippen LogP contribution in [-0.4, -0.2) is 49.0 Å². The second kappa shape index (κ2) is 15.3. The van der Waals surface area contributed by atoms with Crippen LogP contribution in [0.15, 0.2) is 83.9 Å². The van der Waals surface area contributed by atoms with Crippen molar-refractivity contribution in [2.45, 2.75) is 45.1 Å². The third kappa shape index (κ3) is 9.75. The first-order chi connectivity index (χ1) is 19.6. The van der Waals surface area contributed by atoms with E-state index < -0.39 is 0 Å². The molecule has 1 aliphatic rings. The van der Waals surface area contributed by atoms with Gasteiger partial charge in [0, 0.05) is 25.2 Å². The van der Waals surface area contributed by atoms with Crippen LogP contribution < -0.4 is 20.7 Å². The van der Waals surface area contributed by atoms with Crippen molar-refractivity contribution >= 4 is 17.6 Å². The Morgan fingerprint density at radius 1 is 1.00 bits per heavy atom. The number of nitrogens with one attached hydrogen (secondary N) is 3. The lowest BCUT2D eigenvalue weighted by atomic mass is 10.0. The van der Waals surface area contributed by atoms with Gasteiger partial charge in [0.1, 0.15) is 11.5 Å². The van der Waals surface area contributed by atoms with Crippen molar-refractivity contribution in [2.75, 3.05) is 31.5 Å². The predicted molar refractivity (Wildman–Crippen MR) is 159 cm³/mol. The van der Waals surface area contributed by atoms with Gasteiger partial charge in [0.25, 0.3) is 0 Å². The van der Waals surface area contributed by atoms with Crippen molar-refractivity contribution in [1.29, 1.82) is 5.26 Å². The maximum absolute atomic E-state index is 12.6. The Kier molecular flexibility index (Phi) is 11.0. The highest BCUT2D eigenvalue weighted by atomic mass is 16.5. The summed E-state index contributed by atoms with van der Waals surface area (Å²) in [6, 6.07) is 25.2. The summed E-state index contributed by atoms with van der Waals surface area (Å²) in [4.78, 5) is 19.8. The Balaban J connectivity index is 1.38. The van der Waals surface area contributed by atoms with Crippen LogP contribution in [0, 0.1) is 18.4 Å². The van der Waals surface area contributed by atoms with Crippen LogP contribution in [0.1, 0.15) is 36.8 Å². The van der Waals surface area contributed by atoms with Crippen LogP contribution >= 0.6 is 0 Å². The fourth-order valence-corrected chi connectivity index (χ4v) is 4.66. The molecule has 8 heteroatoms. The van der Waals surface area contributed by atoms with Gasteiger partial charge in [0.15, 0.2) is 6.19 Å². The van der Waals surface area contributed by atoms with Gasteiger partial charge in [-0.2, -0.15) is 5.26 Å². The van der Waals surface area contributed by atoms with Gasteiger partial charge in [-0.25, -0.2) is 4.99 Å². The fraction of sp³-hybridized carbons (Fsp3) is 0.344. The Labute approximate surface area is 237 Å². The van der Waals surface area contributed by atoms with E-state index >= 15 is 0 Å². The van der Waals surface area contributed by atoms with E-state index in [4.69, 9.17) is 9.73 Å². The summed E-state index contributed by atoms with van der Waals surface area (Å²) in [5.74, 6) is 1.84. The Hall–Kier alpha value is -4.35. The van der Waals surface area contributed by atoms with E-state index in [0.717, 1.165) is 36.6 Å². The molecule has 1 aliphatic heterocycles. The predicted octanol–water partition coefficient (Wildman–Crippen LogP) is 5.23. The summed E-state index contributed by atoms with van der Waals surface area (Å²) in [5, 5.41) is 18.3. The summed E-state index contributed by atoms with van der Waals surface area (Å²) in [6.45, 7) is 5.83. The summed E-state index contributed by atoms with van der Waals surface area (Å²) in [6.07, 6.45) is 6.04. The van der Waals surface area contributed by atoms with Gasteiger partial charge in [-0.1, -0.05) is 48.0 Å². The minimum atomic E-state index is -0.195. The second-order valence-electron chi connectivity index (χ2n) is 10.1. The number of hydrogen-bond donors (Lipinski definition) is 3. The molecule has 1 atom stereocenters. The highest BCUT2D eigenvalue weighted by Gasteiger charge is 2.15. The van der Waals surface area contributed by atoms with E-state index in [1.807, 2.05) is 79.8 Å². The first-order valence-corrected chi connectivity index (χ1v) is 13.9. The number of amides is 1. The number of carbonyl (C=O) groups excluding carboxylic acids is 1. The molecular weight excluding hydrogens is 500 g/mol. The van der Waals surface area contributed by atoms with Gasteiger partial charge < -0.3 is 20.3 Å². The van der Waals surface area contributed by atoms with Crippen molar-refractivity contribution in [3.05, 3.63) is 90.0 Å². The molecule has 1 fully saturated rings. The van der Waals surface area contributed by atoms with Gasteiger partial charge >= 0.3 is 0 Å². The molecule has 3 aromatic carbocycles. The van der Waals surface area contributed by atoms with Crippen LogP contribution in [0.3, 0.4) is 0 Å². The molecule has 0 saturated carbocycles. The van der Waals surface area contributed by atoms with Crippen molar-refractivity contribution in [2.24, 2.45) is 4.99 Å². The molecule has 0 spiro atoms. The van der Waals surface area contributed by atoms with Crippen molar-refractivity contribution in [1.82, 2.24) is 15.5 Å². The molecule has 3 aromatic rings. The Morgan fingerprint density at radius 3 is 2.35 bits per heavy atom. The first kappa shape index (κ1) is 28.7. The SMILES string of the molecule is Cc1ccc(Oc2ccc(NC(=N[C@H](CCC(=O)NCCN3CCCC3)Cc3ccccc3)NC#N)cc2)cc1. The number of hydrogen-bond acceptors (Lipinski definition) is 5. The lowest BCUT2D eigenvalue weighted by molar-refractivity contribution is -0.121. The van der Waals surface area contributed by atoms with Crippen LogP contribution in [-0.2, 0) is 11.2 Å². The number of likely N-dealkylation sites (tertiary alicyclic amines) is 1. The topological polar surface area (TPSA) is 102 Å². The number of aryl methyl sites for hydroxylation is 1. The van der Waals surface area contributed by atoms with E-state index in [1.165, 1.54) is 18.4 Å². The maximum atomic E-state index is 12.6. The van der Waals surface area contributed by atoms with Crippen LogP contribution in [0.2, 0.25) is 0 Å². The molecule has 4 rings (SSSR count). The van der Waals surface area contributed by atoms with Crippen LogP contribution in [0.5, 0.6) is 11.5 Å². The molecule has 40 heavy (non-hydrogen) atoms. The molecule has 208 valence electrons. The molecule has 1 amide bonds. The van der Waals surface area contributed by atoms with Crippen molar-refractivity contribution in [3.63, 3.8) is 0 Å². The average Bonchev–Trinajstić information content (AvgIpc) is 3.48. The zero-order valence-corrected chi connectivity index (χ0v) is 23.1. The Bertz CT molecular complexity index is 1260. The molecule has 0 aromatic heterocycles. The minimum absolute atomic E-state index is 0.0272. The van der Waals surface area contributed by atoms with Crippen LogP contribution in [0.25, 0.3) is 0 Å². The minimum Gasteiger partial charge on any atom is -0.457 e. The molecular formula is C32H38N6O2. The van der Waals surface area contributed by atoms with Gasteiger partial charge in [-0.15, -0.1) is 0 Å². The molecule has 0 aliphatic carbocycles. The summed E-state index contributed by atoms with van der Waals surface area (Å²) >= 11 is 0.